The second-order valence-electron chi connectivity index (χ2n) is 16.5. The van der Waals surface area contributed by atoms with Crippen molar-refractivity contribution >= 4 is 23.8 Å². The van der Waals surface area contributed by atoms with Gasteiger partial charge in [0.25, 0.3) is 11.6 Å². The summed E-state index contributed by atoms with van der Waals surface area (Å²) in [6.45, 7) is -1.72. The van der Waals surface area contributed by atoms with Crippen molar-refractivity contribution in [3.05, 3.63) is 0 Å². The summed E-state index contributed by atoms with van der Waals surface area (Å²) in [6.07, 6.45) is -33.6. The van der Waals surface area contributed by atoms with E-state index in [2.05, 4.69) is 10.6 Å². The Morgan fingerprint density at radius 1 is 0.754 bits per heavy atom. The lowest BCUT2D eigenvalue weighted by Crippen LogP contribution is -2.69. The van der Waals surface area contributed by atoms with E-state index in [9.17, 15) is 90.7 Å². The first-order chi connectivity index (χ1) is 32.4. The minimum absolute atomic E-state index is 0.0204. The highest BCUT2D eigenvalue weighted by atomic mass is 16.8. The Kier molecular flexibility index (Phi) is 26.0. The molecule has 0 aliphatic carbocycles. The summed E-state index contributed by atoms with van der Waals surface area (Å²) in [7, 11) is 3.48. The number of ether oxygens (including phenoxy) is 7. The van der Waals surface area contributed by atoms with Gasteiger partial charge in [0.2, 0.25) is 11.8 Å². The predicted molar refractivity (Wildman–Crippen MR) is 224 cm³/mol. The molecular weight excluding hydrogens is 940 g/mol. The number of hydrogen-bond donors (Lipinski definition) is 17. The number of aliphatic hydroxyl groups is 12. The monoisotopic (exact) mass is 1010 g/mol. The maximum absolute atomic E-state index is 13.3. The molecule has 30 heteroatoms. The second kappa shape index (κ2) is 28.9. The Morgan fingerprint density at radius 3 is 1.78 bits per heavy atom. The summed E-state index contributed by atoms with van der Waals surface area (Å²) in [5.41, 5.74) is 5.47. The maximum atomic E-state index is 13.3. The average Bonchev–Trinajstić information content (AvgIpc) is 3.29. The van der Waals surface area contributed by atoms with E-state index in [0.29, 0.717) is 0 Å². The Hall–Kier alpha value is -3.00. The molecule has 0 aromatic carbocycles. The van der Waals surface area contributed by atoms with Crippen molar-refractivity contribution in [2.45, 2.75) is 161 Å². The van der Waals surface area contributed by atoms with E-state index in [-0.39, 0.29) is 13.2 Å². The van der Waals surface area contributed by atoms with Crippen LogP contribution in [0.1, 0.15) is 46.0 Å². The molecule has 30 nitrogen and oxygen atoms in total. The Bertz CT molecular complexity index is 1580. The van der Waals surface area contributed by atoms with Gasteiger partial charge >= 0.3 is 11.9 Å². The number of likely N-dealkylation sites (N-methyl/N-ethyl adjacent to an activating group) is 1. The third-order valence-electron chi connectivity index (χ3n) is 11.3. The van der Waals surface area contributed by atoms with Crippen LogP contribution in [0.5, 0.6) is 0 Å². The molecule has 2 saturated heterocycles. The van der Waals surface area contributed by atoms with Gasteiger partial charge in [-0.25, -0.2) is 9.59 Å². The fraction of sp³-hybridized carbons (Fsp3) is 0.897. The number of methoxy groups -OCH3 is 2. The number of rotatable bonds is 32. The van der Waals surface area contributed by atoms with E-state index >= 15 is 0 Å². The molecular formula is C39H72N4O26. The highest BCUT2D eigenvalue weighted by Gasteiger charge is 2.59. The van der Waals surface area contributed by atoms with E-state index < -0.39 is 198 Å². The smallest absolute Gasteiger partial charge is 0.364 e. The van der Waals surface area contributed by atoms with E-state index in [1.165, 1.54) is 14.2 Å². The zero-order valence-corrected chi connectivity index (χ0v) is 38.8. The molecule has 404 valence electrons. The number of carbonyl (C=O) groups excluding carboxylic acids is 2. The summed E-state index contributed by atoms with van der Waals surface area (Å²) in [5, 5.41) is 155. The fourth-order valence-electron chi connectivity index (χ4n) is 7.94. The zero-order valence-electron chi connectivity index (χ0n) is 38.8. The average molecular weight is 1010 g/mol. The van der Waals surface area contributed by atoms with Gasteiger partial charge < -0.3 is 121 Å². The third kappa shape index (κ3) is 16.5. The number of nitrogens with two attached hydrogens (primary N) is 1. The van der Waals surface area contributed by atoms with Gasteiger partial charge in [0.1, 0.15) is 42.7 Å². The van der Waals surface area contributed by atoms with E-state index in [1.54, 1.807) is 0 Å². The first-order valence-electron chi connectivity index (χ1n) is 21.7. The minimum atomic E-state index is -3.18. The van der Waals surface area contributed by atoms with Crippen LogP contribution in [-0.4, -0.2) is 277 Å². The largest absolute Gasteiger partial charge is 0.477 e. The number of carboxylic acids is 2. The number of aliphatic carboxylic acids is 2. The summed E-state index contributed by atoms with van der Waals surface area (Å²) < 4.78 is 39.4. The Balaban J connectivity index is 2.64. The molecule has 2 aliphatic heterocycles. The number of carboxylic acid groups (broad SMARTS) is 2. The quantitative estimate of drug-likeness (QED) is 0.0220. The highest BCUT2D eigenvalue weighted by molar-refractivity contribution is 5.77. The molecule has 2 heterocycles. The molecule has 2 amide bonds. The highest BCUT2D eigenvalue weighted by Crippen LogP contribution is 2.39. The van der Waals surface area contributed by atoms with Gasteiger partial charge in [-0.15, -0.1) is 0 Å². The minimum Gasteiger partial charge on any atom is -0.477 e. The molecule has 2 rings (SSSR count). The first kappa shape index (κ1) is 62.1. The van der Waals surface area contributed by atoms with Crippen LogP contribution >= 0.6 is 0 Å². The van der Waals surface area contributed by atoms with Crippen LogP contribution < -0.4 is 16.4 Å². The summed E-state index contributed by atoms with van der Waals surface area (Å²) in [6, 6.07) is -3.24. The molecule has 0 bridgehead atoms. The van der Waals surface area contributed by atoms with E-state index in [1.807, 2.05) is 0 Å². The molecule has 19 atom stereocenters. The van der Waals surface area contributed by atoms with Crippen LogP contribution in [0.3, 0.4) is 0 Å². The standard InChI is InChI=1S/C39H72N4O26/c1-17(48)41-26-21(51)13-39(37(60)61,67-25(26)12-19(15-46)66-38(36(58)59)14-22(52)27(42-18(2)49)33(69-38)28(54)23(53)16-47)68-32(20(50)6-9-44)31(57)35(63-5)65-24(7-10-45)29(55)30(56)34(62-4)43(3)64-11-8-40/h19-35,44-47,50-57H,6-16,40H2,1-5H3,(H,41,48)(H,42,49)(H,58,59)(H,60,61)/t19?,20-,21?,22?,23+,24+,25?,26+,27+,28+,29?,30?,31?,32?,33?,34+,35-,38+,39-/m0/s1. The Morgan fingerprint density at radius 2 is 1.30 bits per heavy atom. The third-order valence-corrected chi connectivity index (χ3v) is 11.3. The number of nitrogens with one attached hydrogen (secondary N) is 2. The number of nitrogens with zero attached hydrogens (tertiary/aromatic N) is 1. The van der Waals surface area contributed by atoms with Crippen molar-refractivity contribution in [1.82, 2.24) is 15.7 Å². The van der Waals surface area contributed by atoms with Gasteiger partial charge in [-0.1, -0.05) is 0 Å². The summed E-state index contributed by atoms with van der Waals surface area (Å²) >= 11 is 0. The van der Waals surface area contributed by atoms with Gasteiger partial charge in [0.15, 0.2) is 12.5 Å². The Labute approximate surface area is 395 Å². The van der Waals surface area contributed by atoms with Crippen molar-refractivity contribution in [2.75, 3.05) is 60.8 Å². The lowest BCUT2D eigenvalue weighted by molar-refractivity contribution is -0.347. The van der Waals surface area contributed by atoms with Crippen molar-refractivity contribution in [3.8, 4) is 0 Å². The van der Waals surface area contributed by atoms with Gasteiger partial charge in [0.05, 0.1) is 68.5 Å². The SMILES string of the molecule is CO[C@@H](O[C@H](CCO)C(O)C(O)[C@@H](OC)N(C)OCCN)C(O)C(O[C@]1(C(=O)O)CC(O)[C@@H](NC(C)=O)C(CC(CO)O[C@]2(C(=O)O)CC(O)[C@@H](NC(C)=O)C([C@H](O)[C@H](O)CO)O2)O1)[C@@H](O)CCO. The molecule has 18 N–H and O–H groups in total. The molecule has 0 radical (unpaired) electrons. The van der Waals surface area contributed by atoms with Crippen LogP contribution in [0.15, 0.2) is 0 Å². The topological polar surface area (TPSA) is 479 Å². The van der Waals surface area contributed by atoms with Crippen LogP contribution in [0.2, 0.25) is 0 Å². The molecule has 0 spiro atoms. The maximum Gasteiger partial charge on any atom is 0.364 e. The molecule has 0 aromatic heterocycles. The fourth-order valence-corrected chi connectivity index (χ4v) is 7.94. The second-order valence-corrected chi connectivity index (χ2v) is 16.5. The molecule has 0 saturated carbocycles. The van der Waals surface area contributed by atoms with Crippen LogP contribution in [0, 0.1) is 0 Å². The lowest BCUT2D eigenvalue weighted by atomic mass is 9.88. The normalized spacial score (nSPS) is 30.2. The van der Waals surface area contributed by atoms with Gasteiger partial charge in [-0.05, 0) is 12.8 Å². The summed E-state index contributed by atoms with van der Waals surface area (Å²) in [5.74, 6) is -11.9. The first-order valence-corrected chi connectivity index (χ1v) is 21.7. The number of hydrogen-bond acceptors (Lipinski definition) is 26. The zero-order chi connectivity index (χ0) is 52.6. The summed E-state index contributed by atoms with van der Waals surface area (Å²) in [4.78, 5) is 56.0. The van der Waals surface area contributed by atoms with E-state index in [0.717, 1.165) is 26.0 Å². The molecule has 0 aromatic rings. The lowest BCUT2D eigenvalue weighted by Gasteiger charge is -2.49. The molecule has 69 heavy (non-hydrogen) atoms. The van der Waals surface area contributed by atoms with Crippen LogP contribution in [0.4, 0.5) is 0 Å². The molecule has 9 unspecified atom stereocenters. The number of carbonyl (C=O) groups is 4. The number of amides is 2. The molecule has 2 fully saturated rings. The number of hydroxylamine groups is 2. The van der Waals surface area contributed by atoms with E-state index in [4.69, 9.17) is 43.7 Å². The van der Waals surface area contributed by atoms with Crippen molar-refractivity contribution in [3.63, 3.8) is 0 Å². The van der Waals surface area contributed by atoms with Crippen molar-refractivity contribution in [2.24, 2.45) is 5.73 Å². The van der Waals surface area contributed by atoms with Crippen molar-refractivity contribution < 1.29 is 129 Å². The van der Waals surface area contributed by atoms with Gasteiger partial charge in [0, 0.05) is 74.1 Å². The van der Waals surface area contributed by atoms with Crippen molar-refractivity contribution in [1.29, 1.82) is 0 Å². The molecule has 2 aliphatic rings. The van der Waals surface area contributed by atoms with Gasteiger partial charge in [-0.3, -0.25) is 14.4 Å². The van der Waals surface area contributed by atoms with Gasteiger partial charge in [-0.2, -0.15) is 5.06 Å². The predicted octanol–water partition coefficient (Wildman–Crippen LogP) is -8.92. The number of aliphatic hydroxyl groups excluding tert-OH is 12. The van der Waals surface area contributed by atoms with Crippen LogP contribution in [0.25, 0.3) is 0 Å². The van der Waals surface area contributed by atoms with Crippen LogP contribution in [-0.2, 0) is 57.2 Å².